The largest absolute Gasteiger partial charge is 0.494 e. The highest BCUT2D eigenvalue weighted by Crippen LogP contribution is 2.39. The summed E-state index contributed by atoms with van der Waals surface area (Å²) in [4.78, 5) is 31.2. The number of aromatic nitrogens is 2. The number of anilines is 6. The molecule has 3 aromatic rings. The molecule has 0 radical (unpaired) electrons. The van der Waals surface area contributed by atoms with E-state index in [0.29, 0.717) is 49.1 Å². The predicted molar refractivity (Wildman–Crippen MR) is 165 cm³/mol. The van der Waals surface area contributed by atoms with Crippen LogP contribution in [0.3, 0.4) is 0 Å². The first-order valence-electron chi connectivity index (χ1n) is 14.5. The Hall–Kier alpha value is -4.50. The smallest absolute Gasteiger partial charge is 0.421 e. The van der Waals surface area contributed by atoms with Crippen LogP contribution in [0.2, 0.25) is 0 Å². The maximum Gasteiger partial charge on any atom is 0.421 e. The summed E-state index contributed by atoms with van der Waals surface area (Å²) in [7, 11) is 4.60. The van der Waals surface area contributed by atoms with Crippen molar-refractivity contribution in [1.29, 1.82) is 0 Å². The fourth-order valence-corrected chi connectivity index (χ4v) is 5.36. The van der Waals surface area contributed by atoms with Gasteiger partial charge in [-0.15, -0.1) is 0 Å². The number of nitrogens with one attached hydrogen (secondary N) is 2. The van der Waals surface area contributed by atoms with Crippen molar-refractivity contribution in [2.45, 2.75) is 13.1 Å². The normalized spacial score (nSPS) is 16.0. The SMILES string of the molecule is COc1cc(N2CCN(C(C)=O)CC2)ccc1Nc1ncc(C(F)(F)F)c(Nc2ccc(N3CCN(OC)CC3)cc2OC)n1. The minimum absolute atomic E-state index is 0.0459. The van der Waals surface area contributed by atoms with Crippen LogP contribution in [0.4, 0.5) is 47.7 Å². The Bertz CT molecular complexity index is 1490. The number of benzene rings is 2. The van der Waals surface area contributed by atoms with Crippen LogP contribution in [0.5, 0.6) is 11.5 Å². The van der Waals surface area contributed by atoms with E-state index in [1.807, 2.05) is 23.3 Å². The molecule has 2 aliphatic rings. The van der Waals surface area contributed by atoms with Gasteiger partial charge in [-0.2, -0.15) is 23.2 Å². The minimum Gasteiger partial charge on any atom is -0.494 e. The van der Waals surface area contributed by atoms with Crippen LogP contribution in [0.25, 0.3) is 0 Å². The van der Waals surface area contributed by atoms with Gasteiger partial charge in [0.15, 0.2) is 0 Å². The first-order chi connectivity index (χ1) is 21.6. The fraction of sp³-hybridized carbons (Fsp3) is 0.433. The van der Waals surface area contributed by atoms with Gasteiger partial charge < -0.3 is 39.6 Å². The Morgan fingerprint density at radius 2 is 1.33 bits per heavy atom. The molecule has 2 aliphatic heterocycles. The molecular weight excluding hydrogens is 593 g/mol. The topological polar surface area (TPSA) is 108 Å². The molecule has 15 heteroatoms. The van der Waals surface area contributed by atoms with Gasteiger partial charge in [-0.1, -0.05) is 0 Å². The number of carbonyl (C=O) groups is 1. The molecule has 12 nitrogen and oxygen atoms in total. The second kappa shape index (κ2) is 13.6. The number of nitrogens with zero attached hydrogens (tertiary/aromatic N) is 6. The molecule has 45 heavy (non-hydrogen) atoms. The third-order valence-electron chi connectivity index (χ3n) is 7.92. The van der Waals surface area contributed by atoms with Gasteiger partial charge in [0.05, 0.1) is 32.7 Å². The monoisotopic (exact) mass is 630 g/mol. The predicted octanol–water partition coefficient (Wildman–Crippen LogP) is 4.35. The van der Waals surface area contributed by atoms with Gasteiger partial charge in [-0.3, -0.25) is 4.79 Å². The highest BCUT2D eigenvalue weighted by Gasteiger charge is 2.36. The Labute approximate surface area is 259 Å². The summed E-state index contributed by atoms with van der Waals surface area (Å²) in [5.74, 6) is 0.383. The lowest BCUT2D eigenvalue weighted by molar-refractivity contribution is -0.137. The summed E-state index contributed by atoms with van der Waals surface area (Å²) in [5, 5.41) is 7.67. The number of halogens is 3. The van der Waals surface area contributed by atoms with Gasteiger partial charge in [-0.05, 0) is 24.3 Å². The number of rotatable bonds is 9. The quantitative estimate of drug-likeness (QED) is 0.353. The lowest BCUT2D eigenvalue weighted by atomic mass is 10.2. The van der Waals surface area contributed by atoms with Crippen molar-refractivity contribution in [1.82, 2.24) is 19.9 Å². The summed E-state index contributed by atoms with van der Waals surface area (Å²) in [5.41, 5.74) is 1.54. The van der Waals surface area contributed by atoms with Gasteiger partial charge in [0, 0.05) is 89.0 Å². The number of piperazine rings is 2. The second-order valence-electron chi connectivity index (χ2n) is 10.6. The minimum atomic E-state index is -4.71. The van der Waals surface area contributed by atoms with Crippen molar-refractivity contribution in [2.75, 3.05) is 94.1 Å². The number of hydrogen-bond donors (Lipinski definition) is 2. The van der Waals surface area contributed by atoms with Crippen molar-refractivity contribution in [2.24, 2.45) is 0 Å². The summed E-state index contributed by atoms with van der Waals surface area (Å²) in [6, 6.07) is 10.7. The van der Waals surface area contributed by atoms with Gasteiger partial charge in [-0.25, -0.2) is 4.98 Å². The molecule has 1 aromatic heterocycles. The maximum atomic E-state index is 14.0. The molecule has 0 bridgehead atoms. The molecule has 0 unspecified atom stereocenters. The van der Waals surface area contributed by atoms with Crippen LogP contribution in [0, 0.1) is 0 Å². The van der Waals surface area contributed by atoms with Gasteiger partial charge in [0.2, 0.25) is 11.9 Å². The molecule has 0 saturated carbocycles. The molecule has 5 rings (SSSR count). The van der Waals surface area contributed by atoms with E-state index in [4.69, 9.17) is 14.3 Å². The molecule has 0 aliphatic carbocycles. The Morgan fingerprint density at radius 3 is 1.82 bits per heavy atom. The van der Waals surface area contributed by atoms with Crippen LogP contribution >= 0.6 is 0 Å². The number of ether oxygens (including phenoxy) is 2. The van der Waals surface area contributed by atoms with Crippen LogP contribution in [0.1, 0.15) is 12.5 Å². The van der Waals surface area contributed by atoms with Crippen LogP contribution < -0.4 is 29.9 Å². The molecule has 2 aromatic carbocycles. The fourth-order valence-electron chi connectivity index (χ4n) is 5.36. The van der Waals surface area contributed by atoms with E-state index in [9.17, 15) is 18.0 Å². The van der Waals surface area contributed by atoms with Gasteiger partial charge >= 0.3 is 6.18 Å². The number of alkyl halides is 3. The highest BCUT2D eigenvalue weighted by atomic mass is 19.4. The zero-order valence-electron chi connectivity index (χ0n) is 25.6. The van der Waals surface area contributed by atoms with E-state index in [1.165, 1.54) is 14.2 Å². The molecule has 1 amide bonds. The standard InChI is InChI=1S/C30H37F3N8O4/c1-20(42)38-9-11-39(12-10-38)21-6-8-25(27(18-21)44-3)36-29-34-19-23(30(31,32)33)28(37-29)35-24-7-5-22(17-26(24)43-2)40-13-15-41(45-4)16-14-40/h5-8,17-19H,9-16H2,1-4H3,(H2,34,35,36,37). The van der Waals surface area contributed by atoms with Crippen LogP contribution in [0.15, 0.2) is 42.6 Å². The van der Waals surface area contributed by atoms with Gasteiger partial charge in [0.25, 0.3) is 0 Å². The van der Waals surface area contributed by atoms with Crippen molar-refractivity contribution in [3.63, 3.8) is 0 Å². The summed E-state index contributed by atoms with van der Waals surface area (Å²) < 4.78 is 53.2. The third kappa shape index (κ3) is 7.42. The third-order valence-corrected chi connectivity index (χ3v) is 7.92. The molecule has 242 valence electrons. The van der Waals surface area contributed by atoms with Crippen molar-refractivity contribution < 1.29 is 32.3 Å². The van der Waals surface area contributed by atoms with E-state index in [1.54, 1.807) is 37.1 Å². The summed E-state index contributed by atoms with van der Waals surface area (Å²) >= 11 is 0. The van der Waals surface area contributed by atoms with Crippen LogP contribution in [-0.2, 0) is 15.8 Å². The molecule has 3 heterocycles. The zero-order chi connectivity index (χ0) is 32.1. The lowest BCUT2D eigenvalue weighted by Crippen LogP contribution is -2.48. The average Bonchev–Trinajstić information content (AvgIpc) is 3.04. The van der Waals surface area contributed by atoms with E-state index < -0.39 is 17.6 Å². The average molecular weight is 631 g/mol. The molecule has 2 saturated heterocycles. The molecular formula is C30H37F3N8O4. The Balaban J connectivity index is 1.36. The van der Waals surface area contributed by atoms with E-state index in [-0.39, 0.29) is 11.9 Å². The Morgan fingerprint density at radius 1 is 0.800 bits per heavy atom. The Kier molecular flexibility index (Phi) is 9.68. The second-order valence-corrected chi connectivity index (χ2v) is 10.6. The number of amides is 1. The zero-order valence-corrected chi connectivity index (χ0v) is 25.6. The summed E-state index contributed by atoms with van der Waals surface area (Å²) in [6.07, 6.45) is -3.97. The van der Waals surface area contributed by atoms with E-state index in [2.05, 4.69) is 30.4 Å². The van der Waals surface area contributed by atoms with Crippen molar-refractivity contribution >= 4 is 40.4 Å². The molecule has 2 N–H and O–H groups in total. The maximum absolute atomic E-state index is 14.0. The van der Waals surface area contributed by atoms with Gasteiger partial charge in [0.1, 0.15) is 22.9 Å². The number of methoxy groups -OCH3 is 2. The first-order valence-corrected chi connectivity index (χ1v) is 14.5. The molecule has 0 atom stereocenters. The van der Waals surface area contributed by atoms with Crippen LogP contribution in [-0.4, -0.2) is 99.5 Å². The number of hydroxylamine groups is 2. The molecule has 0 spiro atoms. The van der Waals surface area contributed by atoms with Crippen molar-refractivity contribution in [3.8, 4) is 11.5 Å². The van der Waals surface area contributed by atoms with Crippen molar-refractivity contribution in [3.05, 3.63) is 48.2 Å². The first kappa shape index (κ1) is 31.9. The molecule has 2 fully saturated rings. The summed E-state index contributed by atoms with van der Waals surface area (Å²) in [6.45, 7) is 7.02. The highest BCUT2D eigenvalue weighted by molar-refractivity contribution is 5.74. The van der Waals surface area contributed by atoms with E-state index >= 15 is 0 Å². The van der Waals surface area contributed by atoms with E-state index in [0.717, 1.165) is 43.8 Å². The number of carbonyl (C=O) groups excluding carboxylic acids is 1. The number of hydrogen-bond acceptors (Lipinski definition) is 11. The lowest BCUT2D eigenvalue weighted by Gasteiger charge is -2.35.